The zero-order chi connectivity index (χ0) is 15.5. The van der Waals surface area contributed by atoms with Gasteiger partial charge in [0.2, 0.25) is 10.0 Å². The van der Waals surface area contributed by atoms with Gasteiger partial charge < -0.3 is 4.74 Å². The van der Waals surface area contributed by atoms with Crippen molar-refractivity contribution in [1.29, 1.82) is 0 Å². The van der Waals surface area contributed by atoms with Crippen LogP contribution in [0.3, 0.4) is 0 Å². The minimum Gasteiger partial charge on any atom is -0.492 e. The highest BCUT2D eigenvalue weighted by molar-refractivity contribution is 7.89. The fourth-order valence-electron chi connectivity index (χ4n) is 2.27. The first-order chi connectivity index (χ1) is 9.99. The number of fused-ring (bicyclic) bond motifs is 1. The Hall–Kier alpha value is -1.11. The number of benzene rings is 1. The van der Waals surface area contributed by atoms with Crippen molar-refractivity contribution in [3.63, 3.8) is 0 Å². The van der Waals surface area contributed by atoms with Crippen LogP contribution < -0.4 is 9.46 Å². The van der Waals surface area contributed by atoms with E-state index in [0.717, 1.165) is 12.0 Å². The van der Waals surface area contributed by atoms with Gasteiger partial charge in [-0.15, -0.1) is 11.6 Å². The number of hydrogen-bond acceptors (Lipinski definition) is 4. The molecule has 0 radical (unpaired) electrons. The predicted octanol–water partition coefficient (Wildman–Crippen LogP) is 2.12. The van der Waals surface area contributed by atoms with E-state index in [1.54, 1.807) is 6.07 Å². The first-order valence-corrected chi connectivity index (χ1v) is 8.84. The molecule has 1 aromatic carbocycles. The standard InChI is InChI=1S/C14H18ClNO4S/c1-16-21(18,19)13-9-11(12(17)4-2-3-6-15)8-10-5-7-20-14(10)13/h8-9,16H,2-7H2,1H3. The first kappa shape index (κ1) is 16.3. The Morgan fingerprint density at radius 2 is 2.14 bits per heavy atom. The highest BCUT2D eigenvalue weighted by Crippen LogP contribution is 2.34. The Balaban J connectivity index is 2.37. The molecule has 2 rings (SSSR count). The zero-order valence-electron chi connectivity index (χ0n) is 11.8. The summed E-state index contributed by atoms with van der Waals surface area (Å²) in [5, 5.41) is 0. The highest BCUT2D eigenvalue weighted by atomic mass is 35.5. The van der Waals surface area contributed by atoms with Crippen LogP contribution in [0.1, 0.15) is 35.2 Å². The van der Waals surface area contributed by atoms with Crippen LogP contribution in [-0.4, -0.2) is 33.7 Å². The van der Waals surface area contributed by atoms with Gasteiger partial charge in [-0.25, -0.2) is 13.1 Å². The van der Waals surface area contributed by atoms with E-state index in [9.17, 15) is 13.2 Å². The third-order valence-corrected chi connectivity index (χ3v) is 5.10. The summed E-state index contributed by atoms with van der Waals surface area (Å²) in [6.07, 6.45) is 2.45. The summed E-state index contributed by atoms with van der Waals surface area (Å²) in [5.41, 5.74) is 1.19. The Morgan fingerprint density at radius 1 is 1.38 bits per heavy atom. The number of rotatable bonds is 7. The molecule has 0 spiro atoms. The first-order valence-electron chi connectivity index (χ1n) is 6.82. The number of nitrogens with one attached hydrogen (secondary N) is 1. The maximum Gasteiger partial charge on any atom is 0.244 e. The lowest BCUT2D eigenvalue weighted by atomic mass is 10.0. The van der Waals surface area contributed by atoms with Gasteiger partial charge in [-0.3, -0.25) is 4.79 Å². The van der Waals surface area contributed by atoms with Crippen LogP contribution in [0.25, 0.3) is 0 Å². The maximum absolute atomic E-state index is 12.2. The summed E-state index contributed by atoms with van der Waals surface area (Å²) in [7, 11) is -2.31. The van der Waals surface area contributed by atoms with Gasteiger partial charge in [0.1, 0.15) is 10.6 Å². The third-order valence-electron chi connectivity index (χ3n) is 3.42. The molecule has 0 saturated heterocycles. The number of Topliss-reactive ketones (excluding diaryl/α,β-unsaturated/α-hetero) is 1. The van der Waals surface area contributed by atoms with Crippen LogP contribution in [0.15, 0.2) is 17.0 Å². The minimum atomic E-state index is -3.65. The van der Waals surface area contributed by atoms with Crippen molar-refractivity contribution in [3.8, 4) is 5.75 Å². The molecule has 0 amide bonds. The van der Waals surface area contributed by atoms with E-state index in [1.165, 1.54) is 13.1 Å². The van der Waals surface area contributed by atoms with Crippen molar-refractivity contribution < 1.29 is 17.9 Å². The zero-order valence-corrected chi connectivity index (χ0v) is 13.4. The van der Waals surface area contributed by atoms with Crippen molar-refractivity contribution in [1.82, 2.24) is 4.72 Å². The van der Waals surface area contributed by atoms with Crippen molar-refractivity contribution in [2.24, 2.45) is 0 Å². The molecule has 0 saturated carbocycles. The Kier molecular flexibility index (Phi) is 5.24. The Bertz CT molecular complexity index is 643. The molecule has 0 bridgehead atoms. The molecule has 1 aliphatic rings. The highest BCUT2D eigenvalue weighted by Gasteiger charge is 2.26. The normalized spacial score (nSPS) is 13.8. The molecule has 1 heterocycles. The molecule has 5 nitrogen and oxygen atoms in total. The molecular formula is C14H18ClNO4S. The fraction of sp³-hybridized carbons (Fsp3) is 0.500. The van der Waals surface area contributed by atoms with E-state index in [0.29, 0.717) is 43.1 Å². The lowest BCUT2D eigenvalue weighted by molar-refractivity contribution is 0.0979. The summed E-state index contributed by atoms with van der Waals surface area (Å²) in [6.45, 7) is 0.436. The topological polar surface area (TPSA) is 72.5 Å². The number of hydrogen-bond donors (Lipinski definition) is 1. The molecule has 0 aliphatic carbocycles. The maximum atomic E-state index is 12.2. The number of alkyl halides is 1. The van der Waals surface area contributed by atoms with Gasteiger partial charge in [0.25, 0.3) is 0 Å². The molecule has 21 heavy (non-hydrogen) atoms. The second-order valence-electron chi connectivity index (χ2n) is 4.84. The molecule has 1 aliphatic heterocycles. The van der Waals surface area contributed by atoms with Gasteiger partial charge in [0, 0.05) is 24.3 Å². The van der Waals surface area contributed by atoms with Crippen LogP contribution in [0, 0.1) is 0 Å². The number of halogens is 1. The predicted molar refractivity (Wildman–Crippen MR) is 80.8 cm³/mol. The smallest absolute Gasteiger partial charge is 0.244 e. The summed E-state index contributed by atoms with van der Waals surface area (Å²) in [5.74, 6) is 0.814. The Labute approximate surface area is 129 Å². The number of sulfonamides is 1. The number of unbranched alkanes of at least 4 members (excludes halogenated alkanes) is 1. The van der Waals surface area contributed by atoms with Crippen LogP contribution in [-0.2, 0) is 16.4 Å². The van der Waals surface area contributed by atoms with E-state index in [2.05, 4.69) is 4.72 Å². The van der Waals surface area contributed by atoms with Crippen molar-refractivity contribution in [3.05, 3.63) is 23.3 Å². The van der Waals surface area contributed by atoms with Crippen LogP contribution in [0.5, 0.6) is 5.75 Å². The quantitative estimate of drug-likeness (QED) is 0.472. The van der Waals surface area contributed by atoms with Gasteiger partial charge in [-0.2, -0.15) is 0 Å². The van der Waals surface area contributed by atoms with Crippen LogP contribution in [0.4, 0.5) is 0 Å². The average Bonchev–Trinajstić information content (AvgIpc) is 2.94. The van der Waals surface area contributed by atoms with Gasteiger partial charge in [-0.1, -0.05) is 0 Å². The van der Waals surface area contributed by atoms with E-state index in [-0.39, 0.29) is 10.7 Å². The van der Waals surface area contributed by atoms with Crippen molar-refractivity contribution in [2.45, 2.75) is 30.6 Å². The van der Waals surface area contributed by atoms with E-state index in [1.807, 2.05) is 0 Å². The van der Waals surface area contributed by atoms with Gasteiger partial charge in [-0.05, 0) is 37.6 Å². The van der Waals surface area contributed by atoms with Crippen LogP contribution >= 0.6 is 11.6 Å². The lowest BCUT2D eigenvalue weighted by Crippen LogP contribution is -2.20. The average molecular weight is 332 g/mol. The minimum absolute atomic E-state index is 0.0423. The van der Waals surface area contributed by atoms with Crippen molar-refractivity contribution in [2.75, 3.05) is 19.5 Å². The molecule has 0 unspecified atom stereocenters. The van der Waals surface area contributed by atoms with Gasteiger partial charge >= 0.3 is 0 Å². The molecule has 116 valence electrons. The Morgan fingerprint density at radius 3 is 2.81 bits per heavy atom. The molecule has 0 fully saturated rings. The number of carbonyl (C=O) groups excluding carboxylic acids is 1. The second-order valence-corrected chi connectivity index (χ2v) is 7.07. The molecular weight excluding hydrogens is 314 g/mol. The monoisotopic (exact) mass is 331 g/mol. The van der Waals surface area contributed by atoms with Gasteiger partial charge in [0.05, 0.1) is 6.61 Å². The molecule has 7 heteroatoms. The molecule has 1 aromatic rings. The third kappa shape index (κ3) is 3.56. The number of ether oxygens (including phenoxy) is 1. The lowest BCUT2D eigenvalue weighted by Gasteiger charge is -2.10. The van der Waals surface area contributed by atoms with E-state index < -0.39 is 10.0 Å². The van der Waals surface area contributed by atoms with Crippen molar-refractivity contribution >= 4 is 27.4 Å². The van der Waals surface area contributed by atoms with Crippen LogP contribution in [0.2, 0.25) is 0 Å². The summed E-state index contributed by atoms with van der Waals surface area (Å²) in [6, 6.07) is 3.14. The summed E-state index contributed by atoms with van der Waals surface area (Å²) >= 11 is 5.60. The molecule has 1 N–H and O–H groups in total. The second kappa shape index (κ2) is 6.77. The van der Waals surface area contributed by atoms with E-state index in [4.69, 9.17) is 16.3 Å². The fourth-order valence-corrected chi connectivity index (χ4v) is 3.39. The molecule has 0 aromatic heterocycles. The number of carbonyl (C=O) groups is 1. The summed E-state index contributed by atoms with van der Waals surface area (Å²) < 4.78 is 31.8. The SMILES string of the molecule is CNS(=O)(=O)c1cc(C(=O)CCCCCl)cc2c1OCC2. The van der Waals surface area contributed by atoms with E-state index >= 15 is 0 Å². The largest absolute Gasteiger partial charge is 0.492 e. The van der Waals surface area contributed by atoms with Gasteiger partial charge in [0.15, 0.2) is 5.78 Å². The number of ketones is 1. The molecule has 0 atom stereocenters. The summed E-state index contributed by atoms with van der Waals surface area (Å²) in [4.78, 5) is 12.2.